The summed E-state index contributed by atoms with van der Waals surface area (Å²) in [4.78, 5) is 3.24. The van der Waals surface area contributed by atoms with Crippen molar-refractivity contribution >= 4 is 32.3 Å². The van der Waals surface area contributed by atoms with Gasteiger partial charge >= 0.3 is 0 Å². The van der Waals surface area contributed by atoms with E-state index in [1.54, 1.807) is 12.1 Å². The van der Waals surface area contributed by atoms with E-state index in [9.17, 15) is 13.5 Å². The number of anilines is 2. The minimum Gasteiger partial charge on any atom is -0.506 e. The summed E-state index contributed by atoms with van der Waals surface area (Å²) in [5, 5.41) is 10.8. The number of nitrogen functional groups attached to an aromatic ring is 1. The third-order valence-electron chi connectivity index (χ3n) is 5.31. The molecule has 6 nitrogen and oxygen atoms in total. The van der Waals surface area contributed by atoms with Crippen molar-refractivity contribution in [3.05, 3.63) is 53.7 Å². The van der Waals surface area contributed by atoms with Crippen molar-refractivity contribution in [2.45, 2.75) is 32.1 Å². The smallest absolute Gasteiger partial charge is 0.229 e. The first-order valence-corrected chi connectivity index (χ1v) is 10.8. The fraction of sp³-hybridized carbons (Fsp3) is 0.300. The van der Waals surface area contributed by atoms with Crippen LogP contribution in [-0.2, 0) is 15.4 Å². The number of aromatic hydroxyl groups is 1. The number of nitrogens with one attached hydrogen (secondary N) is 2. The SMILES string of the molecule is CCC(CC)(c1ccc(O)c(N)c1)c1c[nH]c2c(NS(C)(=O)=O)cccc12. The summed E-state index contributed by atoms with van der Waals surface area (Å²) >= 11 is 0. The van der Waals surface area contributed by atoms with Crippen LogP contribution in [-0.4, -0.2) is 24.8 Å². The Kier molecular flexibility index (Phi) is 4.82. The van der Waals surface area contributed by atoms with E-state index in [0.29, 0.717) is 11.4 Å². The van der Waals surface area contributed by atoms with E-state index < -0.39 is 10.0 Å². The number of aromatic nitrogens is 1. The van der Waals surface area contributed by atoms with Crippen LogP contribution in [0.5, 0.6) is 5.75 Å². The largest absolute Gasteiger partial charge is 0.506 e. The van der Waals surface area contributed by atoms with Crippen molar-refractivity contribution in [2.24, 2.45) is 0 Å². The summed E-state index contributed by atoms with van der Waals surface area (Å²) in [5.74, 6) is 0.0680. The van der Waals surface area contributed by atoms with Gasteiger partial charge in [-0.1, -0.05) is 32.0 Å². The Morgan fingerprint density at radius 2 is 1.89 bits per heavy atom. The fourth-order valence-corrected chi connectivity index (χ4v) is 4.45. The topological polar surface area (TPSA) is 108 Å². The van der Waals surface area contributed by atoms with E-state index in [4.69, 9.17) is 5.73 Å². The number of rotatable bonds is 6. The summed E-state index contributed by atoms with van der Waals surface area (Å²) in [6.07, 6.45) is 4.72. The standard InChI is InChI=1S/C20H25N3O3S/c1-4-20(5-2,13-9-10-18(24)16(21)11-13)15-12-22-19-14(15)7-6-8-17(19)23-27(3,25)26/h6-12,22-24H,4-5,21H2,1-3H3. The van der Waals surface area contributed by atoms with E-state index in [0.717, 1.165) is 41.1 Å². The Hall–Kier alpha value is -2.67. The molecule has 0 bridgehead atoms. The Morgan fingerprint density at radius 3 is 2.48 bits per heavy atom. The number of hydrogen-bond acceptors (Lipinski definition) is 4. The molecule has 5 N–H and O–H groups in total. The Morgan fingerprint density at radius 1 is 1.19 bits per heavy atom. The molecule has 7 heteroatoms. The van der Waals surface area contributed by atoms with Gasteiger partial charge in [0.1, 0.15) is 5.75 Å². The monoisotopic (exact) mass is 387 g/mol. The first kappa shape index (κ1) is 19.1. The lowest BCUT2D eigenvalue weighted by Gasteiger charge is -2.33. The number of para-hydroxylation sites is 1. The van der Waals surface area contributed by atoms with Crippen molar-refractivity contribution < 1.29 is 13.5 Å². The maximum absolute atomic E-state index is 11.7. The van der Waals surface area contributed by atoms with Crippen molar-refractivity contribution in [2.75, 3.05) is 16.7 Å². The van der Waals surface area contributed by atoms with E-state index in [1.165, 1.54) is 0 Å². The van der Waals surface area contributed by atoms with Crippen LogP contribution in [0.1, 0.15) is 37.8 Å². The molecule has 0 radical (unpaired) electrons. The number of fused-ring (bicyclic) bond motifs is 1. The minimum absolute atomic E-state index is 0.0680. The van der Waals surface area contributed by atoms with Gasteiger partial charge in [0.05, 0.1) is 23.1 Å². The van der Waals surface area contributed by atoms with Crippen molar-refractivity contribution in [3.63, 3.8) is 0 Å². The quantitative estimate of drug-likeness (QED) is 0.379. The zero-order chi connectivity index (χ0) is 19.8. The molecule has 1 heterocycles. The maximum atomic E-state index is 11.7. The lowest BCUT2D eigenvalue weighted by Crippen LogP contribution is -2.26. The van der Waals surface area contributed by atoms with Crippen molar-refractivity contribution in [3.8, 4) is 5.75 Å². The molecule has 0 amide bonds. The molecule has 0 saturated heterocycles. The van der Waals surface area contributed by atoms with Gasteiger partial charge in [0.25, 0.3) is 0 Å². The van der Waals surface area contributed by atoms with Crippen LogP contribution in [0.4, 0.5) is 11.4 Å². The molecular formula is C20H25N3O3S. The van der Waals surface area contributed by atoms with Gasteiger partial charge in [0, 0.05) is 17.0 Å². The lowest BCUT2D eigenvalue weighted by atomic mass is 9.70. The molecule has 3 aromatic rings. The van der Waals surface area contributed by atoms with Gasteiger partial charge in [-0.25, -0.2) is 8.42 Å². The fourth-order valence-electron chi connectivity index (χ4n) is 3.88. The van der Waals surface area contributed by atoms with Crippen molar-refractivity contribution in [1.82, 2.24) is 4.98 Å². The molecule has 0 aliphatic carbocycles. The van der Waals surface area contributed by atoms with Crippen LogP contribution >= 0.6 is 0 Å². The van der Waals surface area contributed by atoms with E-state index in [1.807, 2.05) is 30.5 Å². The third kappa shape index (κ3) is 3.35. The highest BCUT2D eigenvalue weighted by Crippen LogP contribution is 2.44. The average molecular weight is 388 g/mol. The number of phenols is 1. The molecule has 3 rings (SSSR count). The second-order valence-electron chi connectivity index (χ2n) is 6.87. The number of aromatic amines is 1. The maximum Gasteiger partial charge on any atom is 0.229 e. The van der Waals surface area contributed by atoms with Crippen LogP contribution in [0, 0.1) is 0 Å². The van der Waals surface area contributed by atoms with Gasteiger partial charge in [0.15, 0.2) is 0 Å². The molecule has 0 fully saturated rings. The summed E-state index contributed by atoms with van der Waals surface area (Å²) < 4.78 is 25.9. The van der Waals surface area contributed by atoms with Gasteiger partial charge in [-0.3, -0.25) is 4.72 Å². The molecule has 0 aliphatic rings. The highest BCUT2D eigenvalue weighted by molar-refractivity contribution is 7.92. The summed E-state index contributed by atoms with van der Waals surface area (Å²) in [6, 6.07) is 10.9. The van der Waals surface area contributed by atoms with Gasteiger partial charge < -0.3 is 15.8 Å². The van der Waals surface area contributed by atoms with Crippen LogP contribution in [0.3, 0.4) is 0 Å². The van der Waals surface area contributed by atoms with Crippen LogP contribution < -0.4 is 10.5 Å². The Balaban J connectivity index is 2.24. The summed E-state index contributed by atoms with van der Waals surface area (Å²) in [6.45, 7) is 4.23. The van der Waals surface area contributed by atoms with E-state index >= 15 is 0 Å². The molecule has 144 valence electrons. The first-order valence-electron chi connectivity index (χ1n) is 8.89. The average Bonchev–Trinajstić information content (AvgIpc) is 3.04. The van der Waals surface area contributed by atoms with Crippen molar-refractivity contribution in [1.29, 1.82) is 0 Å². The number of sulfonamides is 1. The first-order chi connectivity index (χ1) is 12.7. The predicted octanol–water partition coefficient (Wildman–Crippen LogP) is 3.93. The number of hydrogen-bond donors (Lipinski definition) is 4. The molecule has 0 saturated carbocycles. The van der Waals surface area contributed by atoms with E-state index in [2.05, 4.69) is 23.6 Å². The number of phenolic OH excluding ortho intramolecular Hbond substituents is 1. The molecule has 0 atom stereocenters. The predicted molar refractivity (Wildman–Crippen MR) is 111 cm³/mol. The number of nitrogens with two attached hydrogens (primary N) is 1. The van der Waals surface area contributed by atoms with Gasteiger partial charge in [-0.15, -0.1) is 0 Å². The zero-order valence-corrected chi connectivity index (χ0v) is 16.5. The Bertz CT molecular complexity index is 1080. The molecule has 27 heavy (non-hydrogen) atoms. The van der Waals surface area contributed by atoms with Crippen LogP contribution in [0.2, 0.25) is 0 Å². The highest BCUT2D eigenvalue weighted by atomic mass is 32.2. The van der Waals surface area contributed by atoms with Gasteiger partial charge in [-0.05, 0) is 42.2 Å². The highest BCUT2D eigenvalue weighted by Gasteiger charge is 2.33. The van der Waals surface area contributed by atoms with Gasteiger partial charge in [0.2, 0.25) is 10.0 Å². The van der Waals surface area contributed by atoms with E-state index in [-0.39, 0.29) is 11.2 Å². The zero-order valence-electron chi connectivity index (χ0n) is 15.7. The number of benzene rings is 2. The summed E-state index contributed by atoms with van der Waals surface area (Å²) in [5.41, 5.74) is 9.34. The van der Waals surface area contributed by atoms with Crippen LogP contribution in [0.25, 0.3) is 10.9 Å². The Labute approximate surface area is 159 Å². The third-order valence-corrected chi connectivity index (χ3v) is 5.90. The molecule has 0 spiro atoms. The number of H-pyrrole nitrogens is 1. The molecule has 0 aliphatic heterocycles. The molecule has 1 aromatic heterocycles. The lowest BCUT2D eigenvalue weighted by molar-refractivity contribution is 0.469. The van der Waals surface area contributed by atoms with Gasteiger partial charge in [-0.2, -0.15) is 0 Å². The minimum atomic E-state index is -3.38. The van der Waals surface area contributed by atoms with Crippen LogP contribution in [0.15, 0.2) is 42.6 Å². The molecule has 0 unspecified atom stereocenters. The second kappa shape index (κ2) is 6.81. The molecule has 2 aromatic carbocycles. The normalized spacial score (nSPS) is 12.4. The molecular weight excluding hydrogens is 362 g/mol. The second-order valence-corrected chi connectivity index (χ2v) is 8.62. The summed E-state index contributed by atoms with van der Waals surface area (Å²) in [7, 11) is -3.38.